The van der Waals surface area contributed by atoms with Crippen LogP contribution in [-0.4, -0.2) is 62.1 Å². The second-order valence-electron chi connectivity index (χ2n) is 4.55. The van der Waals surface area contributed by atoms with Crippen LogP contribution in [-0.2, 0) is 10.0 Å². The lowest BCUT2D eigenvalue weighted by Crippen LogP contribution is -2.49. The van der Waals surface area contributed by atoms with E-state index >= 15 is 0 Å². The molecule has 0 spiro atoms. The minimum atomic E-state index is -3.54. The molecule has 1 saturated heterocycles. The van der Waals surface area contributed by atoms with Crippen molar-refractivity contribution in [1.29, 1.82) is 0 Å². The van der Waals surface area contributed by atoms with Crippen LogP contribution < -0.4 is 0 Å². The molecule has 8 heteroatoms. The van der Waals surface area contributed by atoms with Gasteiger partial charge in [-0.1, -0.05) is 23.2 Å². The minimum Gasteiger partial charge on any atom is -0.395 e. The first-order valence-electron chi connectivity index (χ1n) is 6.23. The van der Waals surface area contributed by atoms with Crippen molar-refractivity contribution < 1.29 is 13.5 Å². The summed E-state index contributed by atoms with van der Waals surface area (Å²) in [6.07, 6.45) is 0. The van der Waals surface area contributed by atoms with Crippen molar-refractivity contribution >= 4 is 33.2 Å². The van der Waals surface area contributed by atoms with E-state index in [1.165, 1.54) is 22.5 Å². The van der Waals surface area contributed by atoms with Crippen LogP contribution in [0, 0.1) is 0 Å². The van der Waals surface area contributed by atoms with Gasteiger partial charge in [0.1, 0.15) is 0 Å². The molecule has 1 aliphatic heterocycles. The third kappa shape index (κ3) is 3.44. The van der Waals surface area contributed by atoms with Crippen LogP contribution in [0.5, 0.6) is 0 Å². The highest BCUT2D eigenvalue weighted by molar-refractivity contribution is 7.89. The van der Waals surface area contributed by atoms with Crippen molar-refractivity contribution in [3.05, 3.63) is 28.2 Å². The number of aliphatic hydroxyl groups excluding tert-OH is 1. The number of hydrogen-bond donors (Lipinski definition) is 1. The maximum absolute atomic E-state index is 12.5. The summed E-state index contributed by atoms with van der Waals surface area (Å²) in [5, 5.41) is 9.44. The highest BCUT2D eigenvalue weighted by Crippen LogP contribution is 2.26. The van der Waals surface area contributed by atoms with E-state index in [1.54, 1.807) is 0 Å². The Morgan fingerprint density at radius 2 is 1.75 bits per heavy atom. The van der Waals surface area contributed by atoms with Gasteiger partial charge in [0.05, 0.1) is 21.5 Å². The average molecular weight is 339 g/mol. The van der Waals surface area contributed by atoms with Crippen molar-refractivity contribution in [2.75, 3.05) is 39.3 Å². The second-order valence-corrected chi connectivity index (χ2v) is 7.30. The zero-order chi connectivity index (χ0) is 14.8. The van der Waals surface area contributed by atoms with Crippen molar-refractivity contribution in [1.82, 2.24) is 9.21 Å². The van der Waals surface area contributed by atoms with Gasteiger partial charge in [0.2, 0.25) is 10.0 Å². The van der Waals surface area contributed by atoms with Crippen molar-refractivity contribution in [2.45, 2.75) is 4.90 Å². The van der Waals surface area contributed by atoms with Crippen LogP contribution in [0.2, 0.25) is 10.0 Å². The Labute approximate surface area is 128 Å². The smallest absolute Gasteiger partial charge is 0.243 e. The quantitative estimate of drug-likeness (QED) is 0.898. The van der Waals surface area contributed by atoms with Gasteiger partial charge in [-0.15, -0.1) is 0 Å². The monoisotopic (exact) mass is 338 g/mol. The summed E-state index contributed by atoms with van der Waals surface area (Å²) in [4.78, 5) is 2.18. The van der Waals surface area contributed by atoms with Gasteiger partial charge in [-0.05, 0) is 18.2 Å². The maximum Gasteiger partial charge on any atom is 0.243 e. The van der Waals surface area contributed by atoms with Gasteiger partial charge in [0, 0.05) is 32.7 Å². The Hall–Kier alpha value is -0.370. The Morgan fingerprint density at radius 1 is 1.10 bits per heavy atom. The highest BCUT2D eigenvalue weighted by Gasteiger charge is 2.28. The number of benzene rings is 1. The molecular formula is C12H16Cl2N2O3S. The molecule has 0 bridgehead atoms. The van der Waals surface area contributed by atoms with Crippen LogP contribution in [0.3, 0.4) is 0 Å². The van der Waals surface area contributed by atoms with Crippen LogP contribution in [0.25, 0.3) is 0 Å². The van der Waals surface area contributed by atoms with Gasteiger partial charge in [-0.2, -0.15) is 4.31 Å². The maximum atomic E-state index is 12.5. The van der Waals surface area contributed by atoms with Gasteiger partial charge < -0.3 is 5.11 Å². The predicted molar refractivity (Wildman–Crippen MR) is 78.7 cm³/mol. The molecular weight excluding hydrogens is 323 g/mol. The van der Waals surface area contributed by atoms with Gasteiger partial charge in [-0.25, -0.2) is 8.42 Å². The van der Waals surface area contributed by atoms with Crippen molar-refractivity contribution in [2.24, 2.45) is 0 Å². The average Bonchev–Trinajstić information content (AvgIpc) is 2.43. The molecule has 1 heterocycles. The Kier molecular flexibility index (Phi) is 5.28. The molecule has 0 unspecified atom stereocenters. The van der Waals surface area contributed by atoms with E-state index in [0.717, 1.165) is 0 Å². The lowest BCUT2D eigenvalue weighted by Gasteiger charge is -2.33. The topological polar surface area (TPSA) is 60.9 Å². The molecule has 1 aromatic rings. The molecule has 0 aromatic heterocycles. The van der Waals surface area contributed by atoms with Gasteiger partial charge in [0.25, 0.3) is 0 Å². The SMILES string of the molecule is O=S(=O)(c1ccc(Cl)c(Cl)c1)N1CCN(CCO)CC1. The van der Waals surface area contributed by atoms with Gasteiger partial charge in [0.15, 0.2) is 0 Å². The molecule has 0 atom stereocenters. The van der Waals surface area contributed by atoms with Crippen LogP contribution >= 0.6 is 23.2 Å². The van der Waals surface area contributed by atoms with E-state index < -0.39 is 10.0 Å². The summed E-state index contributed by atoms with van der Waals surface area (Å²) in [6.45, 7) is 2.69. The molecule has 1 aliphatic rings. The third-order valence-electron chi connectivity index (χ3n) is 3.28. The molecule has 1 N–H and O–H groups in total. The van der Waals surface area contributed by atoms with E-state index in [4.69, 9.17) is 28.3 Å². The molecule has 2 rings (SSSR count). The first kappa shape index (κ1) is 16.0. The largest absolute Gasteiger partial charge is 0.395 e. The lowest BCUT2D eigenvalue weighted by atomic mass is 10.3. The number of nitrogens with zero attached hydrogens (tertiary/aromatic N) is 2. The molecule has 1 fully saturated rings. The molecule has 5 nitrogen and oxygen atoms in total. The molecule has 20 heavy (non-hydrogen) atoms. The number of halogens is 2. The zero-order valence-corrected chi connectivity index (χ0v) is 13.1. The predicted octanol–water partition coefficient (Wildman–Crippen LogP) is 1.29. The molecule has 0 saturated carbocycles. The zero-order valence-electron chi connectivity index (χ0n) is 10.8. The van der Waals surface area contributed by atoms with Crippen LogP contribution in [0.1, 0.15) is 0 Å². The minimum absolute atomic E-state index is 0.0829. The van der Waals surface area contributed by atoms with E-state index in [1.807, 2.05) is 4.90 Å². The van der Waals surface area contributed by atoms with Crippen LogP contribution in [0.4, 0.5) is 0 Å². The Bertz CT molecular complexity index is 572. The van der Waals surface area contributed by atoms with Gasteiger partial charge >= 0.3 is 0 Å². The third-order valence-corrected chi connectivity index (χ3v) is 5.91. The van der Waals surface area contributed by atoms with Crippen LogP contribution in [0.15, 0.2) is 23.1 Å². The number of piperazine rings is 1. The number of β-amino-alcohol motifs (C(OH)–C–C–N with tert-alkyl or cyclic N) is 1. The van der Waals surface area contributed by atoms with E-state index in [9.17, 15) is 8.42 Å². The molecule has 0 aliphatic carbocycles. The fourth-order valence-electron chi connectivity index (χ4n) is 2.12. The Morgan fingerprint density at radius 3 is 2.30 bits per heavy atom. The first-order chi connectivity index (χ1) is 9.45. The lowest BCUT2D eigenvalue weighted by molar-refractivity contribution is 0.151. The Balaban J connectivity index is 2.13. The number of sulfonamides is 1. The summed E-state index contributed by atoms with van der Waals surface area (Å²) >= 11 is 11.7. The summed E-state index contributed by atoms with van der Waals surface area (Å²) in [5.74, 6) is 0. The van der Waals surface area contributed by atoms with Gasteiger partial charge in [-0.3, -0.25) is 4.90 Å². The van der Waals surface area contributed by atoms with E-state index in [0.29, 0.717) is 37.7 Å². The van der Waals surface area contributed by atoms with Crippen molar-refractivity contribution in [3.8, 4) is 0 Å². The summed E-state index contributed by atoms with van der Waals surface area (Å²) in [5.41, 5.74) is 0. The first-order valence-corrected chi connectivity index (χ1v) is 8.43. The van der Waals surface area contributed by atoms with E-state index in [-0.39, 0.29) is 16.5 Å². The summed E-state index contributed by atoms with van der Waals surface area (Å²) < 4.78 is 26.4. The number of aliphatic hydroxyl groups is 1. The standard InChI is InChI=1S/C12H16Cl2N2O3S/c13-11-2-1-10(9-12(11)14)20(18,19)16-5-3-15(4-6-16)7-8-17/h1-2,9,17H,3-8H2. The number of rotatable bonds is 4. The molecule has 1 aromatic carbocycles. The molecule has 0 radical (unpaired) electrons. The second kappa shape index (κ2) is 6.60. The molecule has 0 amide bonds. The summed E-state index contributed by atoms with van der Waals surface area (Å²) in [7, 11) is -3.54. The fraction of sp³-hybridized carbons (Fsp3) is 0.500. The number of hydrogen-bond acceptors (Lipinski definition) is 4. The highest BCUT2D eigenvalue weighted by atomic mass is 35.5. The van der Waals surface area contributed by atoms with Crippen molar-refractivity contribution in [3.63, 3.8) is 0 Å². The summed E-state index contributed by atoms with van der Waals surface area (Å²) in [6, 6.07) is 4.32. The van der Waals surface area contributed by atoms with E-state index in [2.05, 4.69) is 0 Å². The normalized spacial score (nSPS) is 18.4. The molecule has 112 valence electrons. The fourth-order valence-corrected chi connectivity index (χ4v) is 3.93.